The number of nitrogens with one attached hydrogen (secondary N) is 1. The van der Waals surface area contributed by atoms with Gasteiger partial charge in [-0.15, -0.1) is 0 Å². The molecular weight excluding hydrogens is 162 g/mol. The van der Waals surface area contributed by atoms with Crippen LogP contribution in [-0.4, -0.2) is 27.6 Å². The molecule has 1 aliphatic carbocycles. The lowest BCUT2D eigenvalue weighted by atomic mass is 10.4. The van der Waals surface area contributed by atoms with Gasteiger partial charge in [0.1, 0.15) is 0 Å². The van der Waals surface area contributed by atoms with E-state index in [4.69, 9.17) is 4.55 Å². The van der Waals surface area contributed by atoms with Crippen molar-refractivity contribution in [3.8, 4) is 0 Å². The molecule has 2 N–H and O–H groups in total. The van der Waals surface area contributed by atoms with E-state index >= 15 is 0 Å². The summed E-state index contributed by atoms with van der Waals surface area (Å²) in [5.41, 5.74) is 0. The average Bonchev–Trinajstić information content (AvgIpc) is 2.70. The van der Waals surface area contributed by atoms with E-state index in [9.17, 15) is 4.21 Å². The highest BCUT2D eigenvalue weighted by Crippen LogP contribution is 2.27. The van der Waals surface area contributed by atoms with Crippen LogP contribution < -0.4 is 5.32 Å². The van der Waals surface area contributed by atoms with E-state index in [1.54, 1.807) is 0 Å². The molecule has 0 aliphatic heterocycles. The fraction of sp³-hybridized carbons (Fsp3) is 1.00. The highest BCUT2D eigenvalue weighted by molar-refractivity contribution is 7.79. The summed E-state index contributed by atoms with van der Waals surface area (Å²) in [5.74, 6) is 1.30. The molecule has 1 unspecified atom stereocenters. The molecule has 3 nitrogen and oxygen atoms in total. The van der Waals surface area contributed by atoms with Crippen LogP contribution in [0.3, 0.4) is 0 Å². The Kier molecular flexibility index (Phi) is 4.04. The fourth-order valence-corrected chi connectivity index (χ4v) is 1.34. The molecule has 0 aromatic rings. The Morgan fingerprint density at radius 3 is 2.82 bits per heavy atom. The van der Waals surface area contributed by atoms with Gasteiger partial charge in [0.05, 0.1) is 5.75 Å². The predicted octanol–water partition coefficient (Wildman–Crippen LogP) is 0.598. The summed E-state index contributed by atoms with van der Waals surface area (Å²) in [6, 6.07) is 0. The molecule has 11 heavy (non-hydrogen) atoms. The van der Waals surface area contributed by atoms with Crippen LogP contribution >= 0.6 is 0 Å². The zero-order valence-electron chi connectivity index (χ0n) is 6.58. The number of hydrogen-bond donors (Lipinski definition) is 2. The molecule has 0 spiro atoms. The Labute approximate surface area is 69.9 Å². The molecule has 66 valence electrons. The van der Waals surface area contributed by atoms with Crippen LogP contribution in [0.1, 0.15) is 19.3 Å². The second-order valence-corrected chi connectivity index (χ2v) is 4.08. The maximum Gasteiger partial charge on any atom is 0.152 e. The van der Waals surface area contributed by atoms with E-state index in [1.807, 2.05) is 0 Å². The second kappa shape index (κ2) is 4.85. The minimum Gasteiger partial charge on any atom is -0.316 e. The van der Waals surface area contributed by atoms with Gasteiger partial charge in [-0.1, -0.05) is 0 Å². The summed E-state index contributed by atoms with van der Waals surface area (Å²) in [6.45, 7) is 1.97. The van der Waals surface area contributed by atoms with Gasteiger partial charge in [0.2, 0.25) is 0 Å². The minimum atomic E-state index is -1.60. The second-order valence-electron chi connectivity index (χ2n) is 3.03. The molecule has 0 radical (unpaired) electrons. The first-order valence-electron chi connectivity index (χ1n) is 4.07. The Balaban J connectivity index is 1.76. The third-order valence-electron chi connectivity index (χ3n) is 1.80. The molecule has 4 heteroatoms. The molecule has 1 saturated carbocycles. The monoisotopic (exact) mass is 177 g/mol. The van der Waals surface area contributed by atoms with Crippen molar-refractivity contribution in [3.05, 3.63) is 0 Å². The van der Waals surface area contributed by atoms with Gasteiger partial charge in [-0.05, 0) is 38.3 Å². The fourth-order valence-electron chi connectivity index (χ4n) is 0.949. The standard InChI is InChI=1S/C7H15NO2S/c9-11(10)5-1-4-8-6-7-2-3-7/h7-8H,1-6H2,(H,9,10). The minimum absolute atomic E-state index is 0.400. The summed E-state index contributed by atoms with van der Waals surface area (Å²) in [7, 11) is 0. The lowest BCUT2D eigenvalue weighted by Gasteiger charge is -2.00. The third kappa shape index (κ3) is 5.35. The molecule has 1 fully saturated rings. The van der Waals surface area contributed by atoms with Gasteiger partial charge in [-0.3, -0.25) is 0 Å². The largest absolute Gasteiger partial charge is 0.316 e. The highest BCUT2D eigenvalue weighted by Gasteiger charge is 2.19. The van der Waals surface area contributed by atoms with Crippen LogP contribution in [0.2, 0.25) is 0 Å². The van der Waals surface area contributed by atoms with Gasteiger partial charge >= 0.3 is 0 Å². The van der Waals surface area contributed by atoms with Crippen molar-refractivity contribution in [2.75, 3.05) is 18.8 Å². The van der Waals surface area contributed by atoms with E-state index in [0.29, 0.717) is 5.75 Å². The van der Waals surface area contributed by atoms with Gasteiger partial charge in [0.15, 0.2) is 11.1 Å². The Morgan fingerprint density at radius 1 is 1.55 bits per heavy atom. The molecule has 0 saturated heterocycles. The van der Waals surface area contributed by atoms with Crippen molar-refractivity contribution >= 4 is 11.1 Å². The van der Waals surface area contributed by atoms with Crippen LogP contribution in [-0.2, 0) is 11.1 Å². The van der Waals surface area contributed by atoms with Crippen molar-refractivity contribution in [2.24, 2.45) is 5.92 Å². The van der Waals surface area contributed by atoms with Gasteiger partial charge in [0.25, 0.3) is 0 Å². The number of rotatable bonds is 6. The van der Waals surface area contributed by atoms with Crippen molar-refractivity contribution in [1.29, 1.82) is 0 Å². The first kappa shape index (κ1) is 9.16. The van der Waals surface area contributed by atoms with Crippen molar-refractivity contribution in [3.63, 3.8) is 0 Å². The van der Waals surface area contributed by atoms with Gasteiger partial charge in [-0.2, -0.15) is 0 Å². The van der Waals surface area contributed by atoms with Crippen LogP contribution in [0.5, 0.6) is 0 Å². The lowest BCUT2D eigenvalue weighted by molar-refractivity contribution is 0.557. The summed E-state index contributed by atoms with van der Waals surface area (Å²) in [6.07, 6.45) is 3.52. The molecule has 1 rings (SSSR count). The summed E-state index contributed by atoms with van der Waals surface area (Å²) in [5, 5.41) is 3.26. The molecule has 0 heterocycles. The molecule has 0 aromatic carbocycles. The lowest BCUT2D eigenvalue weighted by Crippen LogP contribution is -2.19. The Bertz CT molecular complexity index is 136. The van der Waals surface area contributed by atoms with E-state index in [1.165, 1.54) is 12.8 Å². The Morgan fingerprint density at radius 2 is 2.27 bits per heavy atom. The first-order valence-corrected chi connectivity index (χ1v) is 5.35. The molecule has 0 bridgehead atoms. The molecular formula is C7H15NO2S. The molecule has 0 amide bonds. The van der Waals surface area contributed by atoms with Crippen molar-refractivity contribution in [2.45, 2.75) is 19.3 Å². The van der Waals surface area contributed by atoms with Crippen molar-refractivity contribution in [1.82, 2.24) is 5.32 Å². The van der Waals surface area contributed by atoms with Crippen LogP contribution in [0.25, 0.3) is 0 Å². The molecule has 1 atom stereocenters. The smallest absolute Gasteiger partial charge is 0.152 e. The predicted molar refractivity (Wildman–Crippen MR) is 45.8 cm³/mol. The third-order valence-corrected chi connectivity index (χ3v) is 2.44. The zero-order chi connectivity index (χ0) is 8.10. The SMILES string of the molecule is O=S(O)CCCNCC1CC1. The summed E-state index contributed by atoms with van der Waals surface area (Å²) >= 11 is -1.60. The van der Waals surface area contributed by atoms with Crippen molar-refractivity contribution < 1.29 is 8.76 Å². The van der Waals surface area contributed by atoms with E-state index in [-0.39, 0.29) is 0 Å². The molecule has 1 aliphatic rings. The summed E-state index contributed by atoms with van der Waals surface area (Å²) < 4.78 is 18.6. The van der Waals surface area contributed by atoms with Gasteiger partial charge < -0.3 is 9.87 Å². The van der Waals surface area contributed by atoms with E-state index < -0.39 is 11.1 Å². The van der Waals surface area contributed by atoms with E-state index in [0.717, 1.165) is 25.4 Å². The van der Waals surface area contributed by atoms with E-state index in [2.05, 4.69) is 5.32 Å². The normalized spacial score (nSPS) is 20.1. The topological polar surface area (TPSA) is 49.3 Å². The van der Waals surface area contributed by atoms with Gasteiger partial charge in [0, 0.05) is 0 Å². The quantitative estimate of drug-likeness (QED) is 0.461. The van der Waals surface area contributed by atoms with Crippen LogP contribution in [0.4, 0.5) is 0 Å². The zero-order valence-corrected chi connectivity index (χ0v) is 7.40. The van der Waals surface area contributed by atoms with Gasteiger partial charge in [-0.25, -0.2) is 4.21 Å². The maximum atomic E-state index is 10.2. The average molecular weight is 177 g/mol. The number of hydrogen-bond acceptors (Lipinski definition) is 2. The van der Waals surface area contributed by atoms with Crippen LogP contribution in [0.15, 0.2) is 0 Å². The molecule has 0 aromatic heterocycles. The summed E-state index contributed by atoms with van der Waals surface area (Å²) in [4.78, 5) is 0. The maximum absolute atomic E-state index is 10.2. The first-order chi connectivity index (χ1) is 5.29. The highest BCUT2D eigenvalue weighted by atomic mass is 32.2. The Hall–Kier alpha value is 0.0700. The van der Waals surface area contributed by atoms with Crippen LogP contribution in [0, 0.1) is 5.92 Å².